The Morgan fingerprint density at radius 1 is 0.649 bits per heavy atom. The van der Waals surface area contributed by atoms with Crippen molar-refractivity contribution >= 4 is 23.2 Å². The van der Waals surface area contributed by atoms with E-state index in [2.05, 4.69) is 20.4 Å². The third-order valence-corrected chi connectivity index (χ3v) is 9.18. The molecule has 7 rings (SSSR count). The van der Waals surface area contributed by atoms with Crippen LogP contribution in [0.4, 0.5) is 8.78 Å². The fourth-order valence-corrected chi connectivity index (χ4v) is 6.43. The number of ether oxygens (including phenoxy) is 2. The molecule has 4 aromatic heterocycles. The topological polar surface area (TPSA) is 158 Å². The van der Waals surface area contributed by atoms with Gasteiger partial charge in [-0.2, -0.15) is 30.9 Å². The molecule has 0 bridgehead atoms. The number of aromatic nitrogens is 8. The second-order valence-corrected chi connectivity index (χ2v) is 13.4. The first kappa shape index (κ1) is 40.3. The molecule has 0 aliphatic heterocycles. The van der Waals surface area contributed by atoms with Crippen LogP contribution in [0.5, 0.6) is 5.75 Å². The van der Waals surface area contributed by atoms with Crippen LogP contribution in [0.25, 0.3) is 11.4 Å². The first-order valence-electron chi connectivity index (χ1n) is 17.2. The van der Waals surface area contributed by atoms with Gasteiger partial charge in [0, 0.05) is 49.5 Å². The van der Waals surface area contributed by atoms with Gasteiger partial charge in [0.2, 0.25) is 0 Å². The zero-order valence-electron chi connectivity index (χ0n) is 30.9. The average molecular weight is 812 g/mol. The van der Waals surface area contributed by atoms with Gasteiger partial charge in [-0.1, -0.05) is 35.3 Å². The zero-order chi connectivity index (χ0) is 40.6. The van der Waals surface area contributed by atoms with Gasteiger partial charge in [-0.3, -0.25) is 9.36 Å². The van der Waals surface area contributed by atoms with Crippen LogP contribution in [0.3, 0.4) is 0 Å². The molecule has 0 unspecified atom stereocenters. The summed E-state index contributed by atoms with van der Waals surface area (Å²) in [7, 11) is 5.13. The van der Waals surface area contributed by atoms with E-state index in [1.165, 1.54) is 30.3 Å². The third-order valence-electron chi connectivity index (χ3n) is 8.81. The van der Waals surface area contributed by atoms with E-state index < -0.39 is 5.82 Å². The number of nitriles is 2. The van der Waals surface area contributed by atoms with Crippen molar-refractivity contribution in [3.8, 4) is 29.3 Å². The van der Waals surface area contributed by atoms with Crippen molar-refractivity contribution < 1.29 is 23.4 Å². The lowest BCUT2D eigenvalue weighted by Crippen LogP contribution is -2.09. The second-order valence-electron chi connectivity index (χ2n) is 12.7. The Kier molecular flexibility index (Phi) is 12.8. The predicted octanol–water partition coefficient (Wildman–Crippen LogP) is 6.94. The molecule has 7 aromatic rings. The quantitative estimate of drug-likeness (QED) is 0.138. The number of rotatable bonds is 12. The summed E-state index contributed by atoms with van der Waals surface area (Å²) in [6.07, 6.45) is 0.863. The van der Waals surface area contributed by atoms with Gasteiger partial charge in [0.15, 0.2) is 21.7 Å². The largest absolute Gasteiger partial charge is 0.497 e. The molecule has 1 N–H and O–H groups in total. The molecule has 0 saturated carbocycles. The van der Waals surface area contributed by atoms with Crippen LogP contribution in [0.15, 0.2) is 84.9 Å². The molecule has 13 nitrogen and oxygen atoms in total. The summed E-state index contributed by atoms with van der Waals surface area (Å²) in [4.78, 5) is 0. The summed E-state index contributed by atoms with van der Waals surface area (Å²) >= 11 is 12.3. The Morgan fingerprint density at radius 2 is 1.14 bits per heavy atom. The molecule has 0 saturated heterocycles. The maximum atomic E-state index is 14.1. The predicted molar refractivity (Wildman–Crippen MR) is 206 cm³/mol. The first-order chi connectivity index (χ1) is 27.5. The Hall–Kier alpha value is -6.36. The number of benzene rings is 3. The van der Waals surface area contributed by atoms with E-state index in [1.54, 1.807) is 70.3 Å². The average Bonchev–Trinajstić information content (AvgIpc) is 3.97. The minimum absolute atomic E-state index is 0.181. The van der Waals surface area contributed by atoms with Gasteiger partial charge >= 0.3 is 0 Å². The molecule has 0 aliphatic rings. The van der Waals surface area contributed by atoms with Gasteiger partial charge in [-0.15, -0.1) is 0 Å². The van der Waals surface area contributed by atoms with E-state index in [9.17, 15) is 13.9 Å². The monoisotopic (exact) mass is 810 g/mol. The van der Waals surface area contributed by atoms with Crippen molar-refractivity contribution in [3.63, 3.8) is 0 Å². The van der Waals surface area contributed by atoms with Crippen LogP contribution >= 0.6 is 23.2 Å². The number of aryl methyl sites for hydroxylation is 2. The lowest BCUT2D eigenvalue weighted by molar-refractivity contribution is 0.107. The van der Waals surface area contributed by atoms with Gasteiger partial charge < -0.3 is 14.6 Å². The van der Waals surface area contributed by atoms with Crippen molar-refractivity contribution in [2.75, 3.05) is 7.11 Å². The highest BCUT2D eigenvalue weighted by Crippen LogP contribution is 2.25. The minimum atomic E-state index is -0.437. The van der Waals surface area contributed by atoms with Crippen LogP contribution in [-0.4, -0.2) is 51.3 Å². The lowest BCUT2D eigenvalue weighted by Gasteiger charge is -2.14. The SMILES string of the molecule is COc1ccc(COCc2cc(F)ccc2-n2nc(Cl)cc2Cc2cc(C#N)nn2C)cc1.Cn1nc(C#N)cc1Cc1cc(Cl)nn1-c1ccc(F)cc1CO. The molecule has 0 fully saturated rings. The smallest absolute Gasteiger partial charge is 0.162 e. The molecule has 0 radical (unpaired) electrons. The molecule has 290 valence electrons. The molecular formula is C40H34Cl2F2N10O3. The summed E-state index contributed by atoms with van der Waals surface area (Å²) in [5.74, 6) is -0.0376. The second kappa shape index (κ2) is 18.1. The number of halogens is 4. The molecule has 0 aliphatic carbocycles. The highest BCUT2D eigenvalue weighted by Gasteiger charge is 2.18. The highest BCUT2D eigenvalue weighted by molar-refractivity contribution is 6.29. The molecule has 0 atom stereocenters. The van der Waals surface area contributed by atoms with Crippen molar-refractivity contribution in [1.82, 2.24) is 39.1 Å². The van der Waals surface area contributed by atoms with E-state index in [0.717, 1.165) is 34.1 Å². The fourth-order valence-electron chi connectivity index (χ4n) is 6.03. The standard InChI is InChI=1S/C24H21ClFN5O2.C16H13ClFN5O/c1-30-20(10-19(13-27)28-30)11-21-12-24(25)29-31(21)23-8-5-18(26)9-17(23)15-33-14-16-3-6-22(32-2)7-4-16;1-22-13(5-12(8-19)20-22)6-14-7-16(17)21-23(14)15-3-2-11(18)4-10(15)9-24/h3-10,12H,11,14-15H2,1-2H3;2-5,7,24H,6,9H2,1H3. The third kappa shape index (κ3) is 9.72. The van der Waals surface area contributed by atoms with E-state index >= 15 is 0 Å². The van der Waals surface area contributed by atoms with E-state index in [0.29, 0.717) is 58.5 Å². The highest BCUT2D eigenvalue weighted by atomic mass is 35.5. The number of hydrogen-bond donors (Lipinski definition) is 1. The Labute approximate surface area is 336 Å². The van der Waals surface area contributed by atoms with Crippen molar-refractivity contribution in [3.05, 3.63) is 158 Å². The summed E-state index contributed by atoms with van der Waals surface area (Å²) in [5.41, 5.74) is 7.00. The molecular weight excluding hydrogens is 777 g/mol. The number of nitrogens with zero attached hydrogens (tertiary/aromatic N) is 10. The molecule has 4 heterocycles. The maximum absolute atomic E-state index is 14.1. The van der Waals surface area contributed by atoms with Crippen LogP contribution in [-0.2, 0) is 51.5 Å². The van der Waals surface area contributed by atoms with Crippen molar-refractivity contribution in [2.24, 2.45) is 14.1 Å². The lowest BCUT2D eigenvalue weighted by atomic mass is 10.1. The van der Waals surface area contributed by atoms with Crippen molar-refractivity contribution in [1.29, 1.82) is 10.5 Å². The molecule has 0 amide bonds. The van der Waals surface area contributed by atoms with Crippen LogP contribution in [0.1, 0.15) is 50.9 Å². The number of aliphatic hydroxyl groups is 1. The normalized spacial score (nSPS) is 10.8. The molecule has 3 aromatic carbocycles. The summed E-state index contributed by atoms with van der Waals surface area (Å²) in [5, 5.41) is 45.0. The van der Waals surface area contributed by atoms with E-state index in [-0.39, 0.29) is 24.2 Å². The number of methoxy groups -OCH3 is 1. The maximum Gasteiger partial charge on any atom is 0.162 e. The summed E-state index contributed by atoms with van der Waals surface area (Å²) in [6, 6.07) is 27.0. The number of hydrogen-bond acceptors (Lipinski definition) is 9. The van der Waals surface area contributed by atoms with Crippen molar-refractivity contribution in [2.45, 2.75) is 32.7 Å². The Balaban J connectivity index is 0.000000203. The summed E-state index contributed by atoms with van der Waals surface area (Å²) in [6.45, 7) is 0.216. The van der Waals surface area contributed by atoms with Crippen LogP contribution in [0.2, 0.25) is 10.3 Å². The zero-order valence-corrected chi connectivity index (χ0v) is 32.4. The van der Waals surface area contributed by atoms with Gasteiger partial charge in [0.05, 0.1) is 49.7 Å². The van der Waals surface area contributed by atoms with Gasteiger partial charge in [-0.25, -0.2) is 18.1 Å². The van der Waals surface area contributed by atoms with Gasteiger partial charge in [0.1, 0.15) is 29.5 Å². The number of aliphatic hydroxyl groups excluding tert-OH is 1. The van der Waals surface area contributed by atoms with E-state index in [4.69, 9.17) is 43.2 Å². The van der Waals surface area contributed by atoms with Gasteiger partial charge in [0.25, 0.3) is 0 Å². The first-order valence-corrected chi connectivity index (χ1v) is 18.0. The Morgan fingerprint density at radius 3 is 1.60 bits per heavy atom. The van der Waals surface area contributed by atoms with Gasteiger partial charge in [-0.05, 0) is 78.4 Å². The van der Waals surface area contributed by atoms with E-state index in [1.807, 2.05) is 36.4 Å². The molecule has 0 spiro atoms. The molecule has 57 heavy (non-hydrogen) atoms. The minimum Gasteiger partial charge on any atom is -0.497 e. The van der Waals surface area contributed by atoms with Crippen LogP contribution in [0, 0.1) is 34.3 Å². The van der Waals surface area contributed by atoms with Crippen LogP contribution < -0.4 is 4.74 Å². The molecule has 17 heteroatoms. The fraction of sp³-hybridized carbons (Fsp3) is 0.200. The Bertz CT molecular complexity index is 2600. The summed E-state index contributed by atoms with van der Waals surface area (Å²) < 4.78 is 45.0.